The maximum Gasteiger partial charge on any atom is 0.305 e. The second-order valence-electron chi connectivity index (χ2n) is 5.06. The van der Waals surface area contributed by atoms with E-state index in [1.807, 2.05) is 30.3 Å². The number of amides is 1. The van der Waals surface area contributed by atoms with Crippen LogP contribution in [0.2, 0.25) is 0 Å². The van der Waals surface area contributed by atoms with Crippen molar-refractivity contribution in [2.45, 2.75) is 12.8 Å². The molecule has 122 valence electrons. The van der Waals surface area contributed by atoms with Crippen molar-refractivity contribution in [1.29, 1.82) is 0 Å². The zero-order chi connectivity index (χ0) is 16.8. The van der Waals surface area contributed by atoms with E-state index in [2.05, 4.69) is 9.72 Å². The summed E-state index contributed by atoms with van der Waals surface area (Å²) in [6.45, 7) is 0.459. The van der Waals surface area contributed by atoms with E-state index in [0.717, 1.165) is 5.69 Å². The summed E-state index contributed by atoms with van der Waals surface area (Å²) in [5.41, 5.74) is 1.28. The Kier molecular flexibility index (Phi) is 5.70. The molecule has 1 N–H and O–H groups in total. The molecule has 6 nitrogen and oxygen atoms in total. The van der Waals surface area contributed by atoms with E-state index in [0.29, 0.717) is 23.4 Å². The number of hydrogen-bond acceptors (Lipinski definition) is 4. The van der Waals surface area contributed by atoms with Gasteiger partial charge in [0.2, 0.25) is 0 Å². The fraction of sp³-hybridized carbons (Fsp3) is 0.312. The maximum atomic E-state index is 12.6. The molecule has 2 rings (SSSR count). The summed E-state index contributed by atoms with van der Waals surface area (Å²) >= 11 is 5.27. The molecule has 0 aliphatic carbocycles. The molecule has 0 saturated carbocycles. The smallest absolute Gasteiger partial charge is 0.305 e. The number of methoxy groups -OCH3 is 1. The van der Waals surface area contributed by atoms with Crippen molar-refractivity contribution in [2.75, 3.05) is 20.7 Å². The number of carbonyl (C=O) groups excluding carboxylic acids is 2. The molecule has 1 aromatic carbocycles. The number of para-hydroxylation sites is 1. The Morgan fingerprint density at radius 2 is 2.00 bits per heavy atom. The SMILES string of the molecule is COC(=O)CCCN(C)C(=O)c1c[nH]c(=S)n1-c1ccccc1. The summed E-state index contributed by atoms with van der Waals surface area (Å²) in [6.07, 6.45) is 2.44. The van der Waals surface area contributed by atoms with Crippen LogP contribution in [0.5, 0.6) is 0 Å². The van der Waals surface area contributed by atoms with Crippen molar-refractivity contribution in [3.05, 3.63) is 47.0 Å². The molecule has 1 amide bonds. The first-order chi connectivity index (χ1) is 11.0. The Morgan fingerprint density at radius 3 is 2.65 bits per heavy atom. The zero-order valence-electron chi connectivity index (χ0n) is 13.1. The summed E-state index contributed by atoms with van der Waals surface area (Å²) in [7, 11) is 3.05. The number of benzene rings is 1. The minimum atomic E-state index is -0.278. The molecule has 1 heterocycles. The van der Waals surface area contributed by atoms with Crippen molar-refractivity contribution >= 4 is 24.1 Å². The highest BCUT2D eigenvalue weighted by atomic mass is 32.1. The van der Waals surface area contributed by atoms with Gasteiger partial charge in [0.05, 0.1) is 7.11 Å². The third kappa shape index (κ3) is 4.07. The van der Waals surface area contributed by atoms with Crippen molar-refractivity contribution in [1.82, 2.24) is 14.5 Å². The largest absolute Gasteiger partial charge is 0.469 e. The Hall–Kier alpha value is -2.41. The topological polar surface area (TPSA) is 67.3 Å². The molecule has 1 aromatic heterocycles. The molecular formula is C16H19N3O3S. The number of nitrogens with one attached hydrogen (secondary N) is 1. The van der Waals surface area contributed by atoms with Gasteiger partial charge in [0.15, 0.2) is 4.77 Å². The van der Waals surface area contributed by atoms with Gasteiger partial charge >= 0.3 is 5.97 Å². The summed E-state index contributed by atoms with van der Waals surface area (Å²) in [5.74, 6) is -0.439. The highest BCUT2D eigenvalue weighted by Gasteiger charge is 2.18. The van der Waals surface area contributed by atoms with Crippen LogP contribution in [-0.4, -0.2) is 47.0 Å². The number of aromatic amines is 1. The van der Waals surface area contributed by atoms with Crippen LogP contribution in [0.25, 0.3) is 5.69 Å². The van der Waals surface area contributed by atoms with Gasteiger partial charge in [-0.15, -0.1) is 0 Å². The highest BCUT2D eigenvalue weighted by Crippen LogP contribution is 2.14. The van der Waals surface area contributed by atoms with Crippen molar-refractivity contribution < 1.29 is 14.3 Å². The Bertz CT molecular complexity index is 737. The number of carbonyl (C=O) groups is 2. The molecule has 0 aliphatic rings. The Labute approximate surface area is 139 Å². The van der Waals surface area contributed by atoms with Gasteiger partial charge in [-0.3, -0.25) is 14.2 Å². The predicted octanol–water partition coefficient (Wildman–Crippen LogP) is 2.56. The van der Waals surface area contributed by atoms with Gasteiger partial charge in [-0.2, -0.15) is 0 Å². The van der Waals surface area contributed by atoms with Crippen LogP contribution in [0, 0.1) is 4.77 Å². The standard InChI is InChI=1S/C16H19N3O3S/c1-18(10-6-9-14(20)22-2)15(21)13-11-17-16(23)19(13)12-7-4-3-5-8-12/h3-5,7-8,11H,6,9-10H2,1-2H3,(H,17,23). The van der Waals surface area contributed by atoms with E-state index >= 15 is 0 Å². The van der Waals surface area contributed by atoms with Crippen LogP contribution in [-0.2, 0) is 9.53 Å². The van der Waals surface area contributed by atoms with Crippen LogP contribution < -0.4 is 0 Å². The molecule has 0 aliphatic heterocycles. The first kappa shape index (κ1) is 17.0. The monoisotopic (exact) mass is 333 g/mol. The first-order valence-electron chi connectivity index (χ1n) is 7.22. The second kappa shape index (κ2) is 7.73. The zero-order valence-corrected chi connectivity index (χ0v) is 13.9. The highest BCUT2D eigenvalue weighted by molar-refractivity contribution is 7.71. The minimum absolute atomic E-state index is 0.161. The minimum Gasteiger partial charge on any atom is -0.469 e. The van der Waals surface area contributed by atoms with Gasteiger partial charge < -0.3 is 14.6 Å². The van der Waals surface area contributed by atoms with Crippen molar-refractivity contribution in [3.63, 3.8) is 0 Å². The van der Waals surface area contributed by atoms with Crippen LogP contribution in [0.1, 0.15) is 23.3 Å². The molecule has 2 aromatic rings. The molecular weight excluding hydrogens is 314 g/mol. The molecule has 0 bridgehead atoms. The number of hydrogen-bond donors (Lipinski definition) is 1. The van der Waals surface area contributed by atoms with E-state index in [9.17, 15) is 9.59 Å². The number of nitrogens with zero attached hydrogens (tertiary/aromatic N) is 2. The lowest BCUT2D eigenvalue weighted by Crippen LogP contribution is -2.29. The van der Waals surface area contributed by atoms with E-state index in [1.165, 1.54) is 7.11 Å². The van der Waals surface area contributed by atoms with Gasteiger partial charge in [0, 0.05) is 31.9 Å². The number of esters is 1. The van der Waals surface area contributed by atoms with E-state index in [4.69, 9.17) is 12.2 Å². The summed E-state index contributed by atoms with van der Waals surface area (Å²) < 4.78 is 6.76. The number of rotatable bonds is 6. The van der Waals surface area contributed by atoms with Crippen LogP contribution >= 0.6 is 12.2 Å². The fourth-order valence-corrected chi connectivity index (χ4v) is 2.48. The normalized spacial score (nSPS) is 10.3. The maximum absolute atomic E-state index is 12.6. The third-order valence-corrected chi connectivity index (χ3v) is 3.76. The average Bonchev–Trinajstić information content (AvgIpc) is 2.96. The quantitative estimate of drug-likeness (QED) is 0.652. The molecule has 0 saturated heterocycles. The third-order valence-electron chi connectivity index (χ3n) is 3.46. The van der Waals surface area contributed by atoms with Crippen LogP contribution in [0.3, 0.4) is 0 Å². The number of H-pyrrole nitrogens is 1. The number of imidazole rings is 1. The summed E-state index contributed by atoms with van der Waals surface area (Å²) in [6, 6.07) is 9.45. The Morgan fingerprint density at radius 1 is 1.30 bits per heavy atom. The fourth-order valence-electron chi connectivity index (χ4n) is 2.22. The molecule has 0 radical (unpaired) electrons. The molecule has 0 atom stereocenters. The molecule has 0 spiro atoms. The molecule has 23 heavy (non-hydrogen) atoms. The average molecular weight is 333 g/mol. The summed E-state index contributed by atoms with van der Waals surface area (Å²) in [5, 5.41) is 0. The first-order valence-corrected chi connectivity index (χ1v) is 7.63. The van der Waals surface area contributed by atoms with Gasteiger partial charge in [0.1, 0.15) is 5.69 Å². The number of ether oxygens (including phenoxy) is 1. The predicted molar refractivity (Wildman–Crippen MR) is 89.2 cm³/mol. The van der Waals surface area contributed by atoms with E-state index in [-0.39, 0.29) is 18.3 Å². The Balaban J connectivity index is 2.14. The van der Waals surface area contributed by atoms with Crippen LogP contribution in [0.4, 0.5) is 0 Å². The lowest BCUT2D eigenvalue weighted by atomic mass is 10.2. The lowest BCUT2D eigenvalue weighted by Gasteiger charge is -2.17. The van der Waals surface area contributed by atoms with Gasteiger partial charge in [-0.05, 0) is 30.8 Å². The van der Waals surface area contributed by atoms with Crippen molar-refractivity contribution in [2.24, 2.45) is 0 Å². The van der Waals surface area contributed by atoms with E-state index in [1.54, 1.807) is 22.7 Å². The lowest BCUT2D eigenvalue weighted by molar-refractivity contribution is -0.140. The molecule has 7 heteroatoms. The number of aromatic nitrogens is 2. The van der Waals surface area contributed by atoms with Crippen LogP contribution in [0.15, 0.2) is 36.5 Å². The summed E-state index contributed by atoms with van der Waals surface area (Å²) in [4.78, 5) is 28.2. The van der Waals surface area contributed by atoms with Gasteiger partial charge in [0.25, 0.3) is 5.91 Å². The van der Waals surface area contributed by atoms with Crippen molar-refractivity contribution in [3.8, 4) is 5.69 Å². The molecule has 0 unspecified atom stereocenters. The van der Waals surface area contributed by atoms with Gasteiger partial charge in [-0.1, -0.05) is 18.2 Å². The second-order valence-corrected chi connectivity index (χ2v) is 5.44. The van der Waals surface area contributed by atoms with E-state index < -0.39 is 0 Å². The molecule has 0 fully saturated rings. The van der Waals surface area contributed by atoms with Gasteiger partial charge in [-0.25, -0.2) is 0 Å².